The number of hydrogen-bond donors (Lipinski definition) is 2. The third-order valence-electron chi connectivity index (χ3n) is 4.70. The summed E-state index contributed by atoms with van der Waals surface area (Å²) >= 11 is 16.9. The molecular weight excluding hydrogens is 497 g/mol. The van der Waals surface area contributed by atoms with Crippen molar-refractivity contribution in [1.29, 1.82) is 0 Å². The summed E-state index contributed by atoms with van der Waals surface area (Å²) in [4.78, 5) is 30.1. The van der Waals surface area contributed by atoms with Gasteiger partial charge in [0.25, 0.3) is 5.91 Å². The number of likely N-dealkylation sites (N-methyl/N-ethyl adjacent to an activating group) is 1. The van der Waals surface area contributed by atoms with Gasteiger partial charge >= 0.3 is 0 Å². The molecule has 0 bridgehead atoms. The highest BCUT2D eigenvalue weighted by Crippen LogP contribution is 2.30. The van der Waals surface area contributed by atoms with Gasteiger partial charge in [0.1, 0.15) is 33.8 Å². The maximum Gasteiger partial charge on any atom is 0.270 e. The topological polar surface area (TPSA) is 95.7 Å². The number of benzene rings is 1. The molecule has 1 unspecified atom stereocenters. The molecule has 2 N–H and O–H groups in total. The second-order valence-electron chi connectivity index (χ2n) is 6.80. The number of pyridine rings is 1. The number of aliphatic hydroxyl groups is 1. The van der Waals surface area contributed by atoms with Crippen molar-refractivity contribution >= 4 is 59.2 Å². The number of thiocarbonyl (C=S) groups is 1. The van der Waals surface area contributed by atoms with Crippen LogP contribution < -0.4 is 5.32 Å². The van der Waals surface area contributed by atoms with Gasteiger partial charge in [-0.2, -0.15) is 0 Å². The van der Waals surface area contributed by atoms with Crippen LogP contribution in [0.25, 0.3) is 17.4 Å². The van der Waals surface area contributed by atoms with Crippen molar-refractivity contribution in [2.24, 2.45) is 0 Å². The van der Waals surface area contributed by atoms with E-state index in [9.17, 15) is 9.59 Å². The largest absolute Gasteiger partial charge is 0.457 e. The van der Waals surface area contributed by atoms with Gasteiger partial charge in [-0.1, -0.05) is 65.8 Å². The molecule has 1 atom stereocenters. The van der Waals surface area contributed by atoms with E-state index in [0.717, 1.165) is 19.0 Å². The monoisotopic (exact) mass is 519 g/mol. The molecule has 34 heavy (non-hydrogen) atoms. The first-order valence-corrected chi connectivity index (χ1v) is 11.2. The second kappa shape index (κ2) is 13.6. The van der Waals surface area contributed by atoms with Crippen molar-refractivity contribution < 1.29 is 19.1 Å². The summed E-state index contributed by atoms with van der Waals surface area (Å²) in [6, 6.07) is 15.5. The minimum Gasteiger partial charge on any atom is -0.457 e. The van der Waals surface area contributed by atoms with Gasteiger partial charge in [0.05, 0.1) is 17.1 Å². The maximum atomic E-state index is 13.1. The lowest BCUT2D eigenvalue weighted by atomic mass is 10.1. The number of furan rings is 1. The number of carbonyl (C=O) groups is 2. The third-order valence-corrected chi connectivity index (χ3v) is 5.32. The van der Waals surface area contributed by atoms with E-state index < -0.39 is 11.9 Å². The summed E-state index contributed by atoms with van der Waals surface area (Å²) in [7, 11) is 2.57. The number of nitrogens with zero attached hydrogens (tertiary/aromatic N) is 2. The molecule has 1 amide bonds. The fourth-order valence-electron chi connectivity index (χ4n) is 3.01. The molecule has 0 aliphatic heterocycles. The first kappa shape index (κ1) is 27.2. The Bertz CT molecular complexity index is 1150. The van der Waals surface area contributed by atoms with Crippen molar-refractivity contribution in [3.05, 3.63) is 81.9 Å². The molecule has 7 nitrogen and oxygen atoms in total. The van der Waals surface area contributed by atoms with Crippen LogP contribution >= 0.6 is 35.4 Å². The standard InChI is InChI=1S/C23H19Cl2N3O3S.CH4O/c1-28(16(13-29)11-15-5-3-2-4-6-15)23(30)19(26-14-32)12-17-7-9-20(31-17)18-8-10-21(24)27-22(18)25;1-2/h2-10,12-14,16H,11H2,1H3,(H,26,32);2H,1H3/b19-12+;. The summed E-state index contributed by atoms with van der Waals surface area (Å²) in [5, 5.41) is 10.2. The number of aliphatic hydroxyl groups excluding tert-OH is 1. The Hall–Kier alpha value is -3.04. The van der Waals surface area contributed by atoms with E-state index in [1.54, 1.807) is 31.3 Å². The molecule has 0 spiro atoms. The van der Waals surface area contributed by atoms with Crippen LogP contribution in [0.2, 0.25) is 10.3 Å². The van der Waals surface area contributed by atoms with Gasteiger partial charge < -0.3 is 24.5 Å². The Morgan fingerprint density at radius 3 is 2.50 bits per heavy atom. The lowest BCUT2D eigenvalue weighted by Gasteiger charge is -2.25. The van der Waals surface area contributed by atoms with Crippen molar-refractivity contribution in [1.82, 2.24) is 15.2 Å². The van der Waals surface area contributed by atoms with Crippen LogP contribution in [0.15, 0.2) is 64.7 Å². The average molecular weight is 520 g/mol. The summed E-state index contributed by atoms with van der Waals surface area (Å²) in [5.74, 6) is 0.434. The zero-order valence-electron chi connectivity index (χ0n) is 18.4. The van der Waals surface area contributed by atoms with E-state index in [-0.39, 0.29) is 16.0 Å². The highest BCUT2D eigenvalue weighted by atomic mass is 35.5. The fourth-order valence-corrected chi connectivity index (χ4v) is 3.58. The molecular formula is C24H23Cl2N3O4S. The smallest absolute Gasteiger partial charge is 0.270 e. The molecule has 3 rings (SSSR count). The van der Waals surface area contributed by atoms with Gasteiger partial charge in [-0.25, -0.2) is 4.98 Å². The quantitative estimate of drug-likeness (QED) is 0.187. The number of carbonyl (C=O) groups excluding carboxylic acids is 2. The second-order valence-corrected chi connectivity index (χ2v) is 7.78. The van der Waals surface area contributed by atoms with Crippen molar-refractivity contribution in [3.63, 3.8) is 0 Å². The molecule has 3 aromatic rings. The summed E-state index contributed by atoms with van der Waals surface area (Å²) in [5.41, 5.74) is 2.88. The van der Waals surface area contributed by atoms with Crippen LogP contribution in [0.3, 0.4) is 0 Å². The highest BCUT2D eigenvalue weighted by molar-refractivity contribution is 7.78. The van der Waals surface area contributed by atoms with Crippen molar-refractivity contribution in [2.75, 3.05) is 14.2 Å². The molecule has 0 fully saturated rings. The molecule has 0 saturated heterocycles. The number of amides is 1. The number of aromatic nitrogens is 1. The predicted octanol–water partition coefficient (Wildman–Crippen LogP) is 4.41. The Labute approximate surface area is 213 Å². The normalized spacial score (nSPS) is 11.6. The average Bonchev–Trinajstić information content (AvgIpc) is 3.31. The minimum atomic E-state index is -0.647. The lowest BCUT2D eigenvalue weighted by Crippen LogP contribution is -2.42. The molecule has 2 aromatic heterocycles. The third kappa shape index (κ3) is 7.23. The minimum absolute atomic E-state index is 0.156. The summed E-state index contributed by atoms with van der Waals surface area (Å²) in [6.45, 7) is 0. The van der Waals surface area contributed by atoms with Crippen molar-refractivity contribution in [3.8, 4) is 11.3 Å². The van der Waals surface area contributed by atoms with Gasteiger partial charge in [0, 0.05) is 20.2 Å². The first-order chi connectivity index (χ1) is 16.4. The number of aldehydes is 1. The predicted molar refractivity (Wildman–Crippen MR) is 138 cm³/mol. The highest BCUT2D eigenvalue weighted by Gasteiger charge is 2.23. The van der Waals surface area contributed by atoms with Crippen LogP contribution in [0.1, 0.15) is 11.3 Å². The summed E-state index contributed by atoms with van der Waals surface area (Å²) < 4.78 is 5.81. The van der Waals surface area contributed by atoms with Crippen LogP contribution in [-0.2, 0) is 16.0 Å². The summed E-state index contributed by atoms with van der Waals surface area (Å²) in [6.07, 6.45) is 2.65. The van der Waals surface area contributed by atoms with E-state index >= 15 is 0 Å². The van der Waals surface area contributed by atoms with E-state index in [0.29, 0.717) is 23.5 Å². The Morgan fingerprint density at radius 1 is 1.18 bits per heavy atom. The van der Waals surface area contributed by atoms with Gasteiger partial charge in [0.15, 0.2) is 0 Å². The molecule has 178 valence electrons. The number of hydrogen-bond acceptors (Lipinski definition) is 6. The van der Waals surface area contributed by atoms with Gasteiger partial charge in [-0.15, -0.1) is 0 Å². The van der Waals surface area contributed by atoms with Crippen LogP contribution in [0.5, 0.6) is 0 Å². The van der Waals surface area contributed by atoms with Crippen LogP contribution in [0, 0.1) is 0 Å². The van der Waals surface area contributed by atoms with E-state index in [1.807, 2.05) is 30.3 Å². The Balaban J connectivity index is 0.00000199. The zero-order chi connectivity index (χ0) is 25.1. The van der Waals surface area contributed by atoms with Gasteiger partial charge in [-0.3, -0.25) is 4.79 Å². The SMILES string of the molecule is CN(C(=O)/C(=C\c1ccc(-c2ccc(Cl)nc2Cl)o1)NC=S)C(C=O)Cc1ccccc1.CO. The molecule has 0 radical (unpaired) electrons. The zero-order valence-corrected chi connectivity index (χ0v) is 20.8. The number of nitrogens with one attached hydrogen (secondary N) is 1. The Kier molecular flexibility index (Phi) is 10.9. The van der Waals surface area contributed by atoms with Crippen LogP contribution in [0.4, 0.5) is 0 Å². The van der Waals surface area contributed by atoms with Gasteiger partial charge in [-0.05, 0) is 36.2 Å². The number of rotatable bonds is 9. The van der Waals surface area contributed by atoms with E-state index in [2.05, 4.69) is 10.3 Å². The molecule has 2 heterocycles. The molecule has 0 saturated carbocycles. The fraction of sp³-hybridized carbons (Fsp3) is 0.167. The molecule has 0 aliphatic carbocycles. The number of halogens is 2. The first-order valence-electron chi connectivity index (χ1n) is 9.98. The van der Waals surface area contributed by atoms with E-state index in [1.165, 1.54) is 16.5 Å². The van der Waals surface area contributed by atoms with E-state index in [4.69, 9.17) is 44.9 Å². The molecule has 10 heteroatoms. The molecule has 1 aromatic carbocycles. The van der Waals surface area contributed by atoms with Crippen LogP contribution in [-0.4, -0.2) is 52.9 Å². The van der Waals surface area contributed by atoms with Crippen molar-refractivity contribution in [2.45, 2.75) is 12.5 Å². The Morgan fingerprint density at radius 2 is 1.88 bits per heavy atom. The molecule has 0 aliphatic rings. The lowest BCUT2D eigenvalue weighted by molar-refractivity contribution is -0.131. The van der Waals surface area contributed by atoms with Gasteiger partial charge in [0.2, 0.25) is 0 Å². The maximum absolute atomic E-state index is 13.1.